The lowest BCUT2D eigenvalue weighted by molar-refractivity contribution is -0.264. The Bertz CT molecular complexity index is 354. The summed E-state index contributed by atoms with van der Waals surface area (Å²) >= 11 is 0. The number of ether oxygens (including phenoxy) is 1. The summed E-state index contributed by atoms with van der Waals surface area (Å²) < 4.78 is 5.01. The lowest BCUT2D eigenvalue weighted by Gasteiger charge is -2.43. The van der Waals surface area contributed by atoms with Gasteiger partial charge in [0.15, 0.2) is 0 Å². The van der Waals surface area contributed by atoms with E-state index in [1.807, 2.05) is 0 Å². The summed E-state index contributed by atoms with van der Waals surface area (Å²) in [6.07, 6.45) is -18.4. The Morgan fingerprint density at radius 3 is 1.78 bits per heavy atom. The molecule has 2 unspecified atom stereocenters. The van der Waals surface area contributed by atoms with Crippen LogP contribution in [0.1, 0.15) is 0 Å². The number of aliphatic hydroxyl groups is 10. The first-order valence-electron chi connectivity index (χ1n) is 6.99. The van der Waals surface area contributed by atoms with E-state index < -0.39 is 74.3 Å². The van der Waals surface area contributed by atoms with Crippen molar-refractivity contribution in [1.29, 1.82) is 0 Å². The molecule has 0 radical (unpaired) electrons. The quantitative estimate of drug-likeness (QED) is 0.210. The van der Waals surface area contributed by atoms with Crippen molar-refractivity contribution in [1.82, 2.24) is 0 Å². The van der Waals surface area contributed by atoms with Crippen LogP contribution >= 0.6 is 0 Å². The largest absolute Gasteiger partial charge is 0.394 e. The van der Waals surface area contributed by atoms with Crippen molar-refractivity contribution in [3.05, 3.63) is 0 Å². The monoisotopic (exact) mass is 344 g/mol. The normalized spacial score (nSPS) is 38.6. The molecule has 0 aromatic rings. The van der Waals surface area contributed by atoms with Crippen LogP contribution in [0.25, 0.3) is 0 Å². The minimum atomic E-state index is -2.13. The average molecular weight is 344 g/mol. The molecule has 1 aliphatic rings. The molecule has 0 saturated carbocycles. The third kappa shape index (κ3) is 4.35. The summed E-state index contributed by atoms with van der Waals surface area (Å²) in [7, 11) is 0. The molecule has 10 atom stereocenters. The van der Waals surface area contributed by atoms with Crippen LogP contribution in [0.3, 0.4) is 0 Å². The average Bonchev–Trinajstić information content (AvgIpc) is 2.56. The van der Waals surface area contributed by atoms with Crippen molar-refractivity contribution in [2.24, 2.45) is 0 Å². The summed E-state index contributed by atoms with van der Waals surface area (Å²) in [4.78, 5) is 0. The van der Waals surface area contributed by atoms with Gasteiger partial charge in [0.25, 0.3) is 0 Å². The molecule has 0 aliphatic carbocycles. The topological polar surface area (TPSA) is 212 Å². The van der Waals surface area contributed by atoms with Gasteiger partial charge in [-0.3, -0.25) is 0 Å². The smallest absolute Gasteiger partial charge is 0.115 e. The van der Waals surface area contributed by atoms with Crippen molar-refractivity contribution >= 4 is 0 Å². The van der Waals surface area contributed by atoms with Gasteiger partial charge in [0, 0.05) is 0 Å². The van der Waals surface area contributed by atoms with Gasteiger partial charge in [-0.25, -0.2) is 0 Å². The van der Waals surface area contributed by atoms with Crippen LogP contribution in [0.4, 0.5) is 0 Å². The zero-order valence-corrected chi connectivity index (χ0v) is 12.1. The molecule has 1 fully saturated rings. The molecular formula is C12H24O11. The fourth-order valence-electron chi connectivity index (χ4n) is 2.35. The first-order chi connectivity index (χ1) is 10.7. The fraction of sp³-hybridized carbons (Fsp3) is 1.00. The number of aliphatic hydroxyl groups excluding tert-OH is 10. The first kappa shape index (κ1) is 20.6. The van der Waals surface area contributed by atoms with Gasteiger partial charge in [0.1, 0.15) is 61.0 Å². The summed E-state index contributed by atoms with van der Waals surface area (Å²) in [5.41, 5.74) is 0. The molecule has 138 valence electrons. The second-order valence-corrected chi connectivity index (χ2v) is 5.51. The van der Waals surface area contributed by atoms with Crippen LogP contribution in [0.5, 0.6) is 0 Å². The van der Waals surface area contributed by atoms with E-state index in [1.165, 1.54) is 0 Å². The lowest BCUT2D eigenvalue weighted by Crippen LogP contribution is -2.64. The molecule has 0 amide bonds. The SMILES string of the molecule is OC[C@@H](O)[C@@H](O)[C@H](O)[C@H](O)C(O)C1O[C@H](CO)[C@@H](O)[C@H](O)[C@@H]1O. The molecule has 0 spiro atoms. The van der Waals surface area contributed by atoms with Crippen LogP contribution in [0.15, 0.2) is 0 Å². The van der Waals surface area contributed by atoms with E-state index in [-0.39, 0.29) is 0 Å². The molecule has 0 aromatic carbocycles. The number of hydrogen-bond donors (Lipinski definition) is 10. The molecule has 10 N–H and O–H groups in total. The van der Waals surface area contributed by atoms with Crippen LogP contribution < -0.4 is 0 Å². The van der Waals surface area contributed by atoms with Gasteiger partial charge in [-0.2, -0.15) is 0 Å². The third-order valence-corrected chi connectivity index (χ3v) is 3.90. The molecule has 11 nitrogen and oxygen atoms in total. The van der Waals surface area contributed by atoms with Gasteiger partial charge < -0.3 is 55.8 Å². The Hall–Kier alpha value is -0.440. The third-order valence-electron chi connectivity index (χ3n) is 3.90. The Balaban J connectivity index is 2.83. The molecule has 1 saturated heterocycles. The Morgan fingerprint density at radius 1 is 0.739 bits per heavy atom. The van der Waals surface area contributed by atoms with Crippen molar-refractivity contribution < 1.29 is 55.8 Å². The highest BCUT2D eigenvalue weighted by atomic mass is 16.6. The second kappa shape index (κ2) is 8.60. The number of rotatable bonds is 7. The van der Waals surface area contributed by atoms with E-state index >= 15 is 0 Å². The molecule has 1 aliphatic heterocycles. The maximum atomic E-state index is 9.98. The molecule has 23 heavy (non-hydrogen) atoms. The molecule has 11 heteroatoms. The summed E-state index contributed by atoms with van der Waals surface area (Å²) in [5.74, 6) is 0. The zero-order valence-electron chi connectivity index (χ0n) is 12.1. The molecular weight excluding hydrogens is 320 g/mol. The predicted molar refractivity (Wildman–Crippen MR) is 70.9 cm³/mol. The van der Waals surface area contributed by atoms with Gasteiger partial charge in [-0.05, 0) is 0 Å². The molecule has 1 heterocycles. The highest BCUT2D eigenvalue weighted by Crippen LogP contribution is 2.25. The first-order valence-corrected chi connectivity index (χ1v) is 6.99. The van der Waals surface area contributed by atoms with Gasteiger partial charge >= 0.3 is 0 Å². The number of hydrogen-bond acceptors (Lipinski definition) is 11. The Kier molecular flexibility index (Phi) is 7.70. The van der Waals surface area contributed by atoms with Gasteiger partial charge in [0.05, 0.1) is 13.2 Å². The van der Waals surface area contributed by atoms with E-state index in [4.69, 9.17) is 14.9 Å². The maximum Gasteiger partial charge on any atom is 0.115 e. The minimum absolute atomic E-state index is 0.751. The summed E-state index contributed by atoms with van der Waals surface area (Å²) in [5, 5.41) is 94.9. The van der Waals surface area contributed by atoms with Gasteiger partial charge in [-0.15, -0.1) is 0 Å². The Labute approximate surface area is 131 Å². The van der Waals surface area contributed by atoms with Crippen molar-refractivity contribution in [3.63, 3.8) is 0 Å². The highest BCUT2D eigenvalue weighted by molar-refractivity contribution is 4.98. The fourth-order valence-corrected chi connectivity index (χ4v) is 2.35. The summed E-state index contributed by atoms with van der Waals surface area (Å²) in [6, 6.07) is 0. The van der Waals surface area contributed by atoms with E-state index in [9.17, 15) is 40.9 Å². The molecule has 0 bridgehead atoms. The van der Waals surface area contributed by atoms with Crippen LogP contribution in [0.2, 0.25) is 0 Å². The minimum Gasteiger partial charge on any atom is -0.394 e. The molecule has 1 rings (SSSR count). The molecule has 0 aromatic heterocycles. The van der Waals surface area contributed by atoms with Gasteiger partial charge in [0.2, 0.25) is 0 Å². The highest BCUT2D eigenvalue weighted by Gasteiger charge is 2.49. The van der Waals surface area contributed by atoms with Crippen molar-refractivity contribution in [3.8, 4) is 0 Å². The van der Waals surface area contributed by atoms with E-state index in [1.54, 1.807) is 0 Å². The van der Waals surface area contributed by atoms with Crippen LogP contribution in [-0.2, 0) is 4.74 Å². The van der Waals surface area contributed by atoms with Crippen LogP contribution in [0, 0.1) is 0 Å². The van der Waals surface area contributed by atoms with Crippen molar-refractivity contribution in [2.45, 2.75) is 61.0 Å². The zero-order chi connectivity index (χ0) is 17.9. The standard InChI is InChI=1S/C12H24O11/c13-1-3(15)5(16)7(18)9(20)11(22)12-10(21)8(19)6(17)4(2-14)23-12/h3-22H,1-2H2/t3-,4-,5-,6-,7+,8+,9+,10+,11?,12?/m1/s1. The second-order valence-electron chi connectivity index (χ2n) is 5.51. The van der Waals surface area contributed by atoms with E-state index in [0.717, 1.165) is 0 Å². The van der Waals surface area contributed by atoms with E-state index in [2.05, 4.69) is 0 Å². The Morgan fingerprint density at radius 2 is 1.30 bits per heavy atom. The van der Waals surface area contributed by atoms with Gasteiger partial charge in [-0.1, -0.05) is 0 Å². The predicted octanol–water partition coefficient (Wildman–Crippen LogP) is -6.37. The van der Waals surface area contributed by atoms with Crippen molar-refractivity contribution in [2.75, 3.05) is 13.2 Å². The maximum absolute atomic E-state index is 9.98. The lowest BCUT2D eigenvalue weighted by atomic mass is 9.88. The van der Waals surface area contributed by atoms with E-state index in [0.29, 0.717) is 0 Å². The van der Waals surface area contributed by atoms with Crippen LogP contribution in [-0.4, -0.2) is 125 Å². The summed E-state index contributed by atoms with van der Waals surface area (Å²) in [6.45, 7) is -1.67.